The normalized spacial score (nSPS) is 17.1. The van der Waals surface area contributed by atoms with Gasteiger partial charge in [0, 0.05) is 24.1 Å². The van der Waals surface area contributed by atoms with Crippen LogP contribution in [0, 0.1) is 0 Å². The molecule has 6 heteroatoms. The van der Waals surface area contributed by atoms with Gasteiger partial charge < -0.3 is 15.3 Å². The lowest BCUT2D eigenvalue weighted by molar-refractivity contribution is -0.136. The fourth-order valence-corrected chi connectivity index (χ4v) is 3.14. The van der Waals surface area contributed by atoms with E-state index in [2.05, 4.69) is 40.3 Å². The number of piperidine rings is 1. The first kappa shape index (κ1) is 16.8. The molecule has 1 aromatic rings. The molecule has 0 bridgehead atoms. The van der Waals surface area contributed by atoms with Crippen molar-refractivity contribution in [2.75, 3.05) is 19.6 Å². The number of urea groups is 1. The first-order valence-electron chi connectivity index (χ1n) is 7.41. The van der Waals surface area contributed by atoms with E-state index < -0.39 is 5.97 Å². The molecule has 1 aromatic carbocycles. The molecule has 2 rings (SSSR count). The number of benzene rings is 1. The molecule has 0 atom stereocenters. The van der Waals surface area contributed by atoms with Crippen molar-refractivity contribution < 1.29 is 14.7 Å². The van der Waals surface area contributed by atoms with Gasteiger partial charge in [0.1, 0.15) is 0 Å². The fourth-order valence-electron chi connectivity index (χ4n) is 2.74. The van der Waals surface area contributed by atoms with Crippen LogP contribution in [-0.4, -0.2) is 41.6 Å². The molecular weight excluding hydrogens is 348 g/mol. The summed E-state index contributed by atoms with van der Waals surface area (Å²) in [6.07, 6.45) is 1.75. The molecule has 120 valence electrons. The standard InChI is InChI=1S/C16H21BrN2O3/c1-16(12-3-2-4-13(17)11-12)6-9-19(10-7-16)15(22)18-8-5-14(20)21/h2-4,11H,5-10H2,1H3,(H,18,22)(H,20,21). The first-order chi connectivity index (χ1) is 10.4. The Morgan fingerprint density at radius 1 is 1.36 bits per heavy atom. The van der Waals surface area contributed by atoms with Crippen LogP contribution >= 0.6 is 15.9 Å². The summed E-state index contributed by atoms with van der Waals surface area (Å²) in [5.41, 5.74) is 1.36. The average Bonchev–Trinajstić information content (AvgIpc) is 2.47. The second kappa shape index (κ2) is 7.13. The van der Waals surface area contributed by atoms with Gasteiger partial charge in [-0.25, -0.2) is 4.79 Å². The lowest BCUT2D eigenvalue weighted by atomic mass is 9.74. The summed E-state index contributed by atoms with van der Waals surface area (Å²) in [6.45, 7) is 3.77. The van der Waals surface area contributed by atoms with Gasteiger partial charge in [0.05, 0.1) is 6.42 Å². The van der Waals surface area contributed by atoms with E-state index in [1.54, 1.807) is 4.90 Å². The third kappa shape index (κ3) is 4.22. The molecule has 0 aromatic heterocycles. The maximum atomic E-state index is 12.0. The Labute approximate surface area is 138 Å². The Hall–Kier alpha value is -1.56. The molecular formula is C16H21BrN2O3. The minimum Gasteiger partial charge on any atom is -0.481 e. The second-order valence-corrected chi connectivity index (χ2v) is 6.85. The van der Waals surface area contributed by atoms with Crippen molar-refractivity contribution >= 4 is 27.9 Å². The zero-order valence-corrected chi connectivity index (χ0v) is 14.2. The highest BCUT2D eigenvalue weighted by atomic mass is 79.9. The molecule has 1 fully saturated rings. The van der Waals surface area contributed by atoms with E-state index in [1.165, 1.54) is 5.56 Å². The summed E-state index contributed by atoms with van der Waals surface area (Å²) in [5.74, 6) is -0.902. The van der Waals surface area contributed by atoms with Gasteiger partial charge in [0.2, 0.25) is 0 Å². The number of carboxylic acid groups (broad SMARTS) is 1. The van der Waals surface area contributed by atoms with Gasteiger partial charge in [-0.05, 0) is 36.0 Å². The maximum absolute atomic E-state index is 12.0. The Morgan fingerprint density at radius 2 is 2.05 bits per heavy atom. The van der Waals surface area contributed by atoms with Gasteiger partial charge in [-0.15, -0.1) is 0 Å². The maximum Gasteiger partial charge on any atom is 0.317 e. The van der Waals surface area contributed by atoms with Crippen molar-refractivity contribution in [2.45, 2.75) is 31.6 Å². The minimum absolute atomic E-state index is 0.0463. The molecule has 1 aliphatic rings. The number of carbonyl (C=O) groups excluding carboxylic acids is 1. The largest absolute Gasteiger partial charge is 0.481 e. The zero-order chi connectivity index (χ0) is 16.2. The highest BCUT2D eigenvalue weighted by molar-refractivity contribution is 9.10. The zero-order valence-electron chi connectivity index (χ0n) is 12.6. The summed E-state index contributed by atoms with van der Waals surface area (Å²) in [5, 5.41) is 11.2. The van der Waals surface area contributed by atoms with Crippen molar-refractivity contribution in [3.8, 4) is 0 Å². The quantitative estimate of drug-likeness (QED) is 0.857. The number of halogens is 1. The Balaban J connectivity index is 1.89. The summed E-state index contributed by atoms with van der Waals surface area (Å²) >= 11 is 3.51. The number of nitrogens with one attached hydrogen (secondary N) is 1. The molecule has 2 N–H and O–H groups in total. The van der Waals surface area contributed by atoms with Crippen LogP contribution in [0.1, 0.15) is 31.7 Å². The minimum atomic E-state index is -0.902. The van der Waals surface area contributed by atoms with E-state index in [-0.39, 0.29) is 24.4 Å². The van der Waals surface area contributed by atoms with Crippen LogP contribution in [0.5, 0.6) is 0 Å². The van der Waals surface area contributed by atoms with Gasteiger partial charge in [-0.3, -0.25) is 4.79 Å². The highest BCUT2D eigenvalue weighted by Crippen LogP contribution is 2.35. The van der Waals surface area contributed by atoms with E-state index in [0.717, 1.165) is 17.3 Å². The van der Waals surface area contributed by atoms with Crippen LogP contribution < -0.4 is 5.32 Å². The van der Waals surface area contributed by atoms with Gasteiger partial charge >= 0.3 is 12.0 Å². The van der Waals surface area contributed by atoms with E-state index >= 15 is 0 Å². The molecule has 0 unspecified atom stereocenters. The van der Waals surface area contributed by atoms with Crippen molar-refractivity contribution in [1.82, 2.24) is 10.2 Å². The lowest BCUT2D eigenvalue weighted by Crippen LogP contribution is -2.48. The Bertz CT molecular complexity index is 554. The predicted molar refractivity (Wildman–Crippen MR) is 88.0 cm³/mol. The number of amides is 2. The average molecular weight is 369 g/mol. The highest BCUT2D eigenvalue weighted by Gasteiger charge is 2.33. The number of nitrogens with zero attached hydrogens (tertiary/aromatic N) is 1. The van der Waals surface area contributed by atoms with Crippen LogP contribution in [0.4, 0.5) is 4.79 Å². The van der Waals surface area contributed by atoms with Crippen LogP contribution in [-0.2, 0) is 10.2 Å². The molecule has 1 heterocycles. The second-order valence-electron chi connectivity index (χ2n) is 5.93. The molecule has 0 aliphatic carbocycles. The Kier molecular flexibility index (Phi) is 5.45. The van der Waals surface area contributed by atoms with E-state index in [0.29, 0.717) is 13.1 Å². The van der Waals surface area contributed by atoms with Gasteiger partial charge in [-0.2, -0.15) is 0 Å². The molecule has 5 nitrogen and oxygen atoms in total. The number of carboxylic acids is 1. The molecule has 2 amide bonds. The topological polar surface area (TPSA) is 69.6 Å². The third-order valence-electron chi connectivity index (χ3n) is 4.29. The van der Waals surface area contributed by atoms with Crippen LogP contribution in [0.2, 0.25) is 0 Å². The molecule has 0 spiro atoms. The van der Waals surface area contributed by atoms with Crippen LogP contribution in [0.3, 0.4) is 0 Å². The molecule has 0 radical (unpaired) electrons. The van der Waals surface area contributed by atoms with Crippen molar-refractivity contribution in [2.24, 2.45) is 0 Å². The summed E-state index contributed by atoms with van der Waals surface area (Å²) in [6, 6.07) is 8.15. The number of hydrogen-bond donors (Lipinski definition) is 2. The monoisotopic (exact) mass is 368 g/mol. The predicted octanol–water partition coefficient (Wildman–Crippen LogP) is 2.99. The number of aliphatic carboxylic acids is 1. The third-order valence-corrected chi connectivity index (χ3v) is 4.78. The van der Waals surface area contributed by atoms with Gasteiger partial charge in [0.15, 0.2) is 0 Å². The van der Waals surface area contributed by atoms with E-state index in [1.807, 2.05) is 12.1 Å². The summed E-state index contributed by atoms with van der Waals surface area (Å²) < 4.78 is 1.07. The molecule has 22 heavy (non-hydrogen) atoms. The molecule has 1 saturated heterocycles. The van der Waals surface area contributed by atoms with Crippen LogP contribution in [0.25, 0.3) is 0 Å². The number of likely N-dealkylation sites (tertiary alicyclic amines) is 1. The number of carbonyl (C=O) groups is 2. The van der Waals surface area contributed by atoms with Gasteiger partial charge in [0.25, 0.3) is 0 Å². The fraction of sp³-hybridized carbons (Fsp3) is 0.500. The smallest absolute Gasteiger partial charge is 0.317 e. The lowest BCUT2D eigenvalue weighted by Gasteiger charge is -2.39. The van der Waals surface area contributed by atoms with Crippen molar-refractivity contribution in [1.29, 1.82) is 0 Å². The summed E-state index contributed by atoms with van der Waals surface area (Å²) in [4.78, 5) is 24.2. The van der Waals surface area contributed by atoms with E-state index in [9.17, 15) is 9.59 Å². The van der Waals surface area contributed by atoms with Gasteiger partial charge in [-0.1, -0.05) is 35.0 Å². The summed E-state index contributed by atoms with van der Waals surface area (Å²) in [7, 11) is 0. The van der Waals surface area contributed by atoms with E-state index in [4.69, 9.17) is 5.11 Å². The Morgan fingerprint density at radius 3 is 2.64 bits per heavy atom. The van der Waals surface area contributed by atoms with Crippen molar-refractivity contribution in [3.05, 3.63) is 34.3 Å². The SMILES string of the molecule is CC1(c2cccc(Br)c2)CCN(C(=O)NCCC(=O)O)CC1. The first-order valence-corrected chi connectivity index (χ1v) is 8.21. The number of hydrogen-bond acceptors (Lipinski definition) is 2. The van der Waals surface area contributed by atoms with Crippen LogP contribution in [0.15, 0.2) is 28.7 Å². The molecule has 1 aliphatic heterocycles. The molecule has 0 saturated carbocycles. The number of rotatable bonds is 4. The van der Waals surface area contributed by atoms with Crippen molar-refractivity contribution in [3.63, 3.8) is 0 Å².